The van der Waals surface area contributed by atoms with E-state index in [1.807, 2.05) is 0 Å². The molecule has 0 saturated carbocycles. The van der Waals surface area contributed by atoms with E-state index in [1.165, 1.54) is 33.4 Å². The minimum absolute atomic E-state index is 0.861. The first-order valence-corrected chi connectivity index (χ1v) is 29.3. The molecule has 17 rings (SSSR count). The van der Waals surface area contributed by atoms with Crippen molar-refractivity contribution >= 4 is 55.7 Å². The third-order valence-electron chi connectivity index (χ3n) is 17.1. The van der Waals surface area contributed by atoms with E-state index in [4.69, 9.17) is 9.97 Å². The lowest BCUT2D eigenvalue weighted by molar-refractivity contribution is 1.11. The highest BCUT2D eigenvalue weighted by atomic mass is 15.2. The van der Waals surface area contributed by atoms with E-state index in [9.17, 15) is 0 Å². The Kier molecular flexibility index (Phi) is 11.5. The fraction of sp³-hybridized carbons (Fsp3) is 0. The monoisotopic (exact) mass is 1100 g/mol. The summed E-state index contributed by atoms with van der Waals surface area (Å²) in [5.74, 6) is 1.73. The second-order valence-corrected chi connectivity index (χ2v) is 22.3. The number of para-hydroxylation sites is 2. The molecule has 402 valence electrons. The average Bonchev–Trinajstić information content (AvgIpc) is 1.69. The van der Waals surface area contributed by atoms with Crippen LogP contribution in [-0.2, 0) is 0 Å². The van der Waals surface area contributed by atoms with Gasteiger partial charge in [0.05, 0.1) is 49.8 Å². The van der Waals surface area contributed by atoms with Crippen molar-refractivity contribution in [2.45, 2.75) is 0 Å². The molecule has 0 spiro atoms. The van der Waals surface area contributed by atoms with Crippen molar-refractivity contribution in [3.63, 3.8) is 0 Å². The van der Waals surface area contributed by atoms with Gasteiger partial charge in [-0.25, -0.2) is 9.97 Å². The number of fused-ring (bicyclic) bond motifs is 10. The van der Waals surface area contributed by atoms with Crippen molar-refractivity contribution in [2.24, 2.45) is 0 Å². The van der Waals surface area contributed by atoms with Crippen LogP contribution in [-0.4, -0.2) is 27.9 Å². The van der Waals surface area contributed by atoms with Crippen LogP contribution in [0, 0.1) is 0 Å². The summed E-state index contributed by atoms with van der Waals surface area (Å²) in [5.41, 5.74) is 28.8. The summed E-state index contributed by atoms with van der Waals surface area (Å²) in [6.07, 6.45) is 0. The van der Waals surface area contributed by atoms with Crippen molar-refractivity contribution in [1.82, 2.24) is 27.9 Å². The molecule has 0 aliphatic carbocycles. The van der Waals surface area contributed by atoms with Gasteiger partial charge < -0.3 is 0 Å². The number of imidazole rings is 4. The van der Waals surface area contributed by atoms with Gasteiger partial charge in [0.15, 0.2) is 0 Å². The second kappa shape index (κ2) is 20.1. The first kappa shape index (κ1) is 49.0. The molecule has 0 atom stereocenters. The molecular weight excluding hydrogens is 1040 g/mol. The molecule has 0 radical (unpaired) electrons. The van der Waals surface area contributed by atoms with E-state index in [2.05, 4.69) is 333 Å². The fourth-order valence-electron chi connectivity index (χ4n) is 12.9. The van der Waals surface area contributed by atoms with Gasteiger partial charge in [-0.1, -0.05) is 218 Å². The maximum atomic E-state index is 5.49. The second-order valence-electron chi connectivity index (χ2n) is 22.3. The van der Waals surface area contributed by atoms with Crippen LogP contribution in [0.1, 0.15) is 0 Å². The van der Waals surface area contributed by atoms with Crippen LogP contribution in [0.3, 0.4) is 0 Å². The van der Waals surface area contributed by atoms with E-state index in [0.29, 0.717) is 0 Å². The number of hydrogen-bond acceptors (Lipinski definition) is 2. The third kappa shape index (κ3) is 8.34. The maximum absolute atomic E-state index is 5.49. The zero-order valence-electron chi connectivity index (χ0n) is 46.7. The molecular formula is C80H52N6. The fourth-order valence-corrected chi connectivity index (χ4v) is 12.9. The first-order valence-electron chi connectivity index (χ1n) is 29.3. The molecule has 17 aromatic rings. The van der Waals surface area contributed by atoms with E-state index >= 15 is 0 Å². The summed E-state index contributed by atoms with van der Waals surface area (Å²) in [4.78, 5) is 11.0. The summed E-state index contributed by atoms with van der Waals surface area (Å²) in [6.45, 7) is 0. The molecule has 0 fully saturated rings. The molecule has 4 heterocycles. The Balaban J connectivity index is 0.765. The Labute approximate surface area is 496 Å². The zero-order chi connectivity index (χ0) is 56.7. The van der Waals surface area contributed by atoms with Gasteiger partial charge in [0.2, 0.25) is 11.6 Å². The molecule has 0 amide bonds. The van der Waals surface area contributed by atoms with Crippen molar-refractivity contribution in [1.29, 1.82) is 0 Å². The molecule has 6 nitrogen and oxygen atoms in total. The number of nitrogens with zero attached hydrogens (tertiary/aromatic N) is 6. The van der Waals surface area contributed by atoms with Crippen LogP contribution in [0.5, 0.6) is 0 Å². The summed E-state index contributed by atoms with van der Waals surface area (Å²) in [6, 6.07) is 114. The van der Waals surface area contributed by atoms with Gasteiger partial charge in [0, 0.05) is 5.69 Å². The Morgan fingerprint density at radius 1 is 0.174 bits per heavy atom. The van der Waals surface area contributed by atoms with Crippen molar-refractivity contribution in [3.05, 3.63) is 315 Å². The van der Waals surface area contributed by atoms with Gasteiger partial charge in [-0.3, -0.25) is 17.9 Å². The van der Waals surface area contributed by atoms with E-state index in [1.54, 1.807) is 0 Å². The largest absolute Gasteiger partial charge is 0.278 e. The lowest BCUT2D eigenvalue weighted by Crippen LogP contribution is -1.97. The lowest BCUT2D eigenvalue weighted by atomic mass is 9.93. The van der Waals surface area contributed by atoms with Crippen LogP contribution >= 0.6 is 0 Å². The summed E-state index contributed by atoms with van der Waals surface area (Å²) < 4.78 is 9.30. The number of hydrogen-bond donors (Lipinski definition) is 0. The van der Waals surface area contributed by atoms with E-state index < -0.39 is 0 Å². The first-order chi connectivity index (χ1) is 42.6. The lowest BCUT2D eigenvalue weighted by Gasteiger charge is -2.14. The predicted octanol–water partition coefficient (Wildman–Crippen LogP) is 20.5. The van der Waals surface area contributed by atoms with Gasteiger partial charge in [0.1, 0.15) is 0 Å². The topological polar surface area (TPSA) is 44.5 Å². The van der Waals surface area contributed by atoms with Crippen LogP contribution in [0.25, 0.3) is 156 Å². The molecule has 0 bridgehead atoms. The quantitative estimate of drug-likeness (QED) is 0.137. The van der Waals surface area contributed by atoms with E-state index in [0.717, 1.165) is 123 Å². The van der Waals surface area contributed by atoms with Crippen LogP contribution in [0.15, 0.2) is 315 Å². The molecule has 13 aromatic carbocycles. The smallest absolute Gasteiger partial charge is 0.220 e. The predicted molar refractivity (Wildman–Crippen MR) is 356 cm³/mol. The Morgan fingerprint density at radius 3 is 0.953 bits per heavy atom. The number of benzene rings is 13. The standard InChI is InChI=1S/C80H52N6/c1-6-19-53(20-7-1)61-37-40-74-71(50-61)82-80-84(78-52-63(39-42-77(78)86(74)80)54-21-8-2-9-22-54)70-48-67(57-27-14-5-15-28-57)46-68(49-70)59-35-33-58(34-36-59)62-38-41-73-72(51-62)81-79-83(75-31-16-17-32-76(75)85(73)79)69-30-18-29-60(47-69)66-44-64(55-23-10-3-11-24-55)43-65(45-66)56-25-12-4-13-26-56/h1-52H. The Bertz CT molecular complexity index is 5370. The van der Waals surface area contributed by atoms with Crippen molar-refractivity contribution < 1.29 is 0 Å². The molecule has 86 heavy (non-hydrogen) atoms. The Morgan fingerprint density at radius 2 is 0.477 bits per heavy atom. The minimum atomic E-state index is 0.861. The molecule has 6 heteroatoms. The van der Waals surface area contributed by atoms with Gasteiger partial charge in [-0.2, -0.15) is 0 Å². The average molecular weight is 1100 g/mol. The summed E-state index contributed by atoms with van der Waals surface area (Å²) in [5, 5.41) is 0. The molecule has 0 aliphatic rings. The molecule has 0 aliphatic heterocycles. The van der Waals surface area contributed by atoms with Gasteiger partial charge in [0.25, 0.3) is 0 Å². The minimum Gasteiger partial charge on any atom is -0.278 e. The molecule has 0 unspecified atom stereocenters. The van der Waals surface area contributed by atoms with Crippen LogP contribution in [0.2, 0.25) is 0 Å². The van der Waals surface area contributed by atoms with Gasteiger partial charge >= 0.3 is 0 Å². The van der Waals surface area contributed by atoms with Crippen molar-refractivity contribution in [2.75, 3.05) is 0 Å². The highest BCUT2D eigenvalue weighted by Gasteiger charge is 2.22. The highest BCUT2D eigenvalue weighted by Crippen LogP contribution is 2.40. The number of rotatable bonds is 10. The van der Waals surface area contributed by atoms with Crippen LogP contribution in [0.4, 0.5) is 0 Å². The van der Waals surface area contributed by atoms with Gasteiger partial charge in [-0.15, -0.1) is 0 Å². The number of aromatic nitrogens is 6. The molecule has 0 saturated heterocycles. The highest BCUT2D eigenvalue weighted by molar-refractivity contribution is 5.97. The van der Waals surface area contributed by atoms with Gasteiger partial charge in [-0.05, 0) is 186 Å². The normalized spacial score (nSPS) is 11.7. The molecule has 0 N–H and O–H groups in total. The SMILES string of the molecule is c1ccc(-c2cc(-c3ccccc3)cc(-c3cccc(-n4c5ccccc5n5c6ccc(-c7ccc(-c8cc(-c9ccccc9)cc(-n9c%10cc(-c%11ccccc%11)ccc%10n%10c%11ccc(-c%12ccccc%12)cc%11nc9%10)c8)cc7)cc6nc45)c3)c2)cc1. The third-order valence-corrected chi connectivity index (χ3v) is 17.1. The summed E-state index contributed by atoms with van der Waals surface area (Å²) >= 11 is 0. The maximum Gasteiger partial charge on any atom is 0.220 e. The van der Waals surface area contributed by atoms with Crippen molar-refractivity contribution in [3.8, 4) is 100 Å². The van der Waals surface area contributed by atoms with E-state index in [-0.39, 0.29) is 0 Å². The summed E-state index contributed by atoms with van der Waals surface area (Å²) in [7, 11) is 0. The molecule has 4 aromatic heterocycles. The zero-order valence-corrected chi connectivity index (χ0v) is 46.7. The Hall–Kier alpha value is -11.6. The van der Waals surface area contributed by atoms with Crippen LogP contribution < -0.4 is 0 Å².